The van der Waals surface area contributed by atoms with E-state index in [2.05, 4.69) is 9.88 Å². The van der Waals surface area contributed by atoms with Crippen molar-refractivity contribution >= 4 is 23.2 Å². The van der Waals surface area contributed by atoms with Crippen LogP contribution in [0.1, 0.15) is 31.2 Å². The van der Waals surface area contributed by atoms with E-state index < -0.39 is 0 Å². The van der Waals surface area contributed by atoms with E-state index in [0.717, 1.165) is 24.9 Å². The van der Waals surface area contributed by atoms with Crippen LogP contribution >= 0.6 is 23.2 Å². The first-order chi connectivity index (χ1) is 8.63. The topological polar surface area (TPSA) is 36.4 Å². The Morgan fingerprint density at radius 3 is 2.56 bits per heavy atom. The molecule has 2 saturated heterocycles. The zero-order valence-corrected chi connectivity index (χ0v) is 11.5. The first kappa shape index (κ1) is 12.7. The highest BCUT2D eigenvalue weighted by Crippen LogP contribution is 2.37. The van der Waals surface area contributed by atoms with Crippen LogP contribution in [0.5, 0.6) is 0 Å². The molecule has 0 aromatic carbocycles. The van der Waals surface area contributed by atoms with Crippen LogP contribution in [-0.4, -0.2) is 33.2 Å². The highest BCUT2D eigenvalue weighted by molar-refractivity contribution is 6.34. The van der Waals surface area contributed by atoms with Crippen molar-refractivity contribution in [1.29, 1.82) is 0 Å². The molecule has 5 heteroatoms. The van der Waals surface area contributed by atoms with Crippen molar-refractivity contribution in [1.82, 2.24) is 9.88 Å². The zero-order valence-electron chi connectivity index (χ0n) is 10.0. The molecule has 2 aliphatic heterocycles. The molecule has 0 saturated carbocycles. The summed E-state index contributed by atoms with van der Waals surface area (Å²) < 4.78 is 0. The molecule has 2 bridgehead atoms. The molecule has 3 heterocycles. The zero-order chi connectivity index (χ0) is 12.7. The Kier molecular flexibility index (Phi) is 3.50. The van der Waals surface area contributed by atoms with Gasteiger partial charge in [-0.2, -0.15) is 0 Å². The number of aliphatic hydroxyl groups is 1. The van der Waals surface area contributed by atoms with E-state index in [1.807, 2.05) is 0 Å². The summed E-state index contributed by atoms with van der Waals surface area (Å²) in [6.07, 6.45) is 5.76. The van der Waals surface area contributed by atoms with Gasteiger partial charge in [0.15, 0.2) is 0 Å². The van der Waals surface area contributed by atoms with Crippen LogP contribution in [0.15, 0.2) is 12.3 Å². The fourth-order valence-electron chi connectivity index (χ4n) is 3.25. The third-order valence-electron chi connectivity index (χ3n) is 4.11. The molecule has 0 amide bonds. The summed E-state index contributed by atoms with van der Waals surface area (Å²) >= 11 is 12.0. The number of fused-ring (bicyclic) bond motifs is 2. The molecule has 18 heavy (non-hydrogen) atoms. The third-order valence-corrected chi connectivity index (χ3v) is 4.67. The molecule has 0 spiro atoms. The number of nitrogens with zero attached hydrogens (tertiary/aromatic N) is 2. The van der Waals surface area contributed by atoms with Crippen molar-refractivity contribution in [3.05, 3.63) is 28.0 Å². The fraction of sp³-hybridized carbons (Fsp3) is 0.615. The molecule has 2 unspecified atom stereocenters. The quantitative estimate of drug-likeness (QED) is 0.850. The average Bonchev–Trinajstić information content (AvgIpc) is 2.56. The Labute approximate surface area is 117 Å². The number of pyridine rings is 1. The van der Waals surface area contributed by atoms with Crippen molar-refractivity contribution in [2.75, 3.05) is 0 Å². The van der Waals surface area contributed by atoms with E-state index in [1.54, 1.807) is 12.3 Å². The minimum atomic E-state index is -0.127. The third kappa shape index (κ3) is 2.37. The largest absolute Gasteiger partial charge is 0.393 e. The van der Waals surface area contributed by atoms with Gasteiger partial charge in [-0.3, -0.25) is 4.90 Å². The number of piperidine rings is 1. The van der Waals surface area contributed by atoms with Gasteiger partial charge in [0.2, 0.25) is 0 Å². The van der Waals surface area contributed by atoms with Crippen LogP contribution in [0.2, 0.25) is 10.2 Å². The Morgan fingerprint density at radius 1 is 1.28 bits per heavy atom. The number of hydrogen-bond acceptors (Lipinski definition) is 3. The van der Waals surface area contributed by atoms with Gasteiger partial charge in [-0.1, -0.05) is 23.2 Å². The van der Waals surface area contributed by atoms with Gasteiger partial charge in [-0.05, 0) is 31.7 Å². The van der Waals surface area contributed by atoms with Crippen molar-refractivity contribution in [3.8, 4) is 0 Å². The maximum Gasteiger partial charge on any atom is 0.130 e. The smallest absolute Gasteiger partial charge is 0.130 e. The van der Waals surface area contributed by atoms with E-state index >= 15 is 0 Å². The molecule has 2 fully saturated rings. The standard InChI is InChI=1S/C13H16Cl2N2O/c14-12-5-13(15)16-6-8(12)7-17-9-1-2-10(17)4-11(18)3-9/h5-6,9-11,18H,1-4,7H2. The lowest BCUT2D eigenvalue weighted by atomic mass is 9.99. The predicted octanol–water partition coefficient (Wildman–Crippen LogP) is 2.88. The Hall–Kier alpha value is -0.350. The molecule has 3 nitrogen and oxygen atoms in total. The van der Waals surface area contributed by atoms with Crippen LogP contribution in [-0.2, 0) is 6.54 Å². The molecule has 2 aliphatic rings. The van der Waals surface area contributed by atoms with Crippen LogP contribution < -0.4 is 0 Å². The van der Waals surface area contributed by atoms with E-state index in [0.29, 0.717) is 22.3 Å². The number of aliphatic hydroxyl groups excluding tert-OH is 1. The molecular weight excluding hydrogens is 271 g/mol. The van der Waals surface area contributed by atoms with Crippen molar-refractivity contribution in [2.45, 2.75) is 50.4 Å². The molecule has 1 aromatic heterocycles. The van der Waals surface area contributed by atoms with Crippen LogP contribution in [0.4, 0.5) is 0 Å². The van der Waals surface area contributed by atoms with Gasteiger partial charge in [0.05, 0.1) is 6.10 Å². The summed E-state index contributed by atoms with van der Waals surface area (Å²) in [6, 6.07) is 2.68. The molecule has 0 aliphatic carbocycles. The Morgan fingerprint density at radius 2 is 1.94 bits per heavy atom. The molecule has 3 rings (SSSR count). The van der Waals surface area contributed by atoms with Crippen LogP contribution in [0.3, 0.4) is 0 Å². The highest BCUT2D eigenvalue weighted by Gasteiger charge is 2.40. The van der Waals surface area contributed by atoms with Gasteiger partial charge in [0.1, 0.15) is 5.15 Å². The Balaban J connectivity index is 1.77. The van der Waals surface area contributed by atoms with Gasteiger partial charge < -0.3 is 5.11 Å². The van der Waals surface area contributed by atoms with E-state index in [1.165, 1.54) is 12.8 Å². The van der Waals surface area contributed by atoms with Gasteiger partial charge in [0, 0.05) is 35.4 Å². The van der Waals surface area contributed by atoms with Crippen LogP contribution in [0.25, 0.3) is 0 Å². The van der Waals surface area contributed by atoms with Crippen molar-refractivity contribution < 1.29 is 5.11 Å². The second-order valence-electron chi connectivity index (χ2n) is 5.28. The van der Waals surface area contributed by atoms with Crippen molar-refractivity contribution in [3.63, 3.8) is 0 Å². The van der Waals surface area contributed by atoms with E-state index in [-0.39, 0.29) is 6.10 Å². The molecule has 1 aromatic rings. The number of aromatic nitrogens is 1. The first-order valence-electron chi connectivity index (χ1n) is 6.37. The fourth-order valence-corrected chi connectivity index (χ4v) is 3.68. The van der Waals surface area contributed by atoms with Crippen molar-refractivity contribution in [2.24, 2.45) is 0 Å². The maximum atomic E-state index is 9.78. The molecule has 1 N–H and O–H groups in total. The Bertz CT molecular complexity index is 441. The van der Waals surface area contributed by atoms with Crippen LogP contribution in [0, 0.1) is 0 Å². The molecule has 0 radical (unpaired) electrons. The monoisotopic (exact) mass is 286 g/mol. The molecule has 98 valence electrons. The molecular formula is C13H16Cl2N2O. The minimum Gasteiger partial charge on any atom is -0.393 e. The summed E-state index contributed by atoms with van der Waals surface area (Å²) in [7, 11) is 0. The normalized spacial score (nSPS) is 31.8. The average molecular weight is 287 g/mol. The summed E-state index contributed by atoms with van der Waals surface area (Å²) in [5, 5.41) is 10.9. The lowest BCUT2D eigenvalue weighted by Crippen LogP contribution is -2.44. The first-order valence-corrected chi connectivity index (χ1v) is 7.13. The molecule has 2 atom stereocenters. The summed E-state index contributed by atoms with van der Waals surface area (Å²) in [6.45, 7) is 0.811. The summed E-state index contributed by atoms with van der Waals surface area (Å²) in [5.74, 6) is 0. The second kappa shape index (κ2) is 4.97. The number of halogens is 2. The van der Waals surface area contributed by atoms with E-state index in [9.17, 15) is 5.11 Å². The number of hydrogen-bond donors (Lipinski definition) is 1. The lowest BCUT2D eigenvalue weighted by Gasteiger charge is -2.37. The summed E-state index contributed by atoms with van der Waals surface area (Å²) in [4.78, 5) is 6.56. The van der Waals surface area contributed by atoms with Gasteiger partial charge >= 0.3 is 0 Å². The second-order valence-corrected chi connectivity index (χ2v) is 6.08. The van der Waals surface area contributed by atoms with Gasteiger partial charge in [0.25, 0.3) is 0 Å². The summed E-state index contributed by atoms with van der Waals surface area (Å²) in [5.41, 5.74) is 1.02. The maximum absolute atomic E-state index is 9.78. The number of rotatable bonds is 2. The highest BCUT2D eigenvalue weighted by atomic mass is 35.5. The lowest BCUT2D eigenvalue weighted by molar-refractivity contribution is 0.0310. The SMILES string of the molecule is OC1CC2CCC(C1)N2Cc1cnc(Cl)cc1Cl. The van der Waals surface area contributed by atoms with E-state index in [4.69, 9.17) is 23.2 Å². The van der Waals surface area contributed by atoms with Gasteiger partial charge in [-0.25, -0.2) is 4.98 Å². The van der Waals surface area contributed by atoms with Gasteiger partial charge in [-0.15, -0.1) is 0 Å². The predicted molar refractivity (Wildman–Crippen MR) is 71.9 cm³/mol. The minimum absolute atomic E-state index is 0.127.